The highest BCUT2D eigenvalue weighted by molar-refractivity contribution is 5.96. The van der Waals surface area contributed by atoms with Crippen LogP contribution in [0.5, 0.6) is 0 Å². The minimum absolute atomic E-state index is 0.00892. The zero-order chi connectivity index (χ0) is 21.5. The molecule has 0 atom stereocenters. The number of carbonyl (C=O) groups is 2. The molecule has 2 amide bonds. The Morgan fingerprint density at radius 1 is 0.839 bits per heavy atom. The highest BCUT2D eigenvalue weighted by Gasteiger charge is 2.25. The number of piperazine rings is 1. The Balaban J connectivity index is 1.26. The SMILES string of the molecule is O=C(CN1CCN(C(=O)CC2CCCCC2)CC1)Nc1ccccc1-c1ccccc1. The van der Waals surface area contributed by atoms with Crippen LogP contribution < -0.4 is 5.32 Å². The molecule has 0 bridgehead atoms. The summed E-state index contributed by atoms with van der Waals surface area (Å²) < 4.78 is 0. The molecule has 1 saturated carbocycles. The zero-order valence-corrected chi connectivity index (χ0v) is 18.3. The van der Waals surface area contributed by atoms with Crippen molar-refractivity contribution in [3.8, 4) is 11.1 Å². The van der Waals surface area contributed by atoms with Crippen molar-refractivity contribution in [2.75, 3.05) is 38.0 Å². The third-order valence-electron chi connectivity index (χ3n) is 6.57. The third kappa shape index (κ3) is 5.95. The average Bonchev–Trinajstić information content (AvgIpc) is 2.81. The number of amides is 2. The molecule has 1 aliphatic heterocycles. The van der Waals surface area contributed by atoms with E-state index in [1.54, 1.807) is 0 Å². The van der Waals surface area contributed by atoms with Crippen molar-refractivity contribution < 1.29 is 9.59 Å². The first-order valence-electron chi connectivity index (χ1n) is 11.6. The van der Waals surface area contributed by atoms with Crippen molar-refractivity contribution >= 4 is 17.5 Å². The number of nitrogens with one attached hydrogen (secondary N) is 1. The zero-order valence-electron chi connectivity index (χ0n) is 18.3. The summed E-state index contributed by atoms with van der Waals surface area (Å²) in [5.41, 5.74) is 2.94. The van der Waals surface area contributed by atoms with Crippen molar-refractivity contribution in [1.82, 2.24) is 9.80 Å². The van der Waals surface area contributed by atoms with Gasteiger partial charge in [0.25, 0.3) is 0 Å². The molecule has 1 N–H and O–H groups in total. The standard InChI is InChI=1S/C26H33N3O2/c30-25(27-24-14-8-7-13-23(24)22-11-5-2-6-12-22)20-28-15-17-29(18-16-28)26(31)19-21-9-3-1-4-10-21/h2,5-8,11-14,21H,1,3-4,9-10,15-20H2,(H,27,30). The van der Waals surface area contributed by atoms with Crippen LogP contribution in [0, 0.1) is 5.92 Å². The van der Waals surface area contributed by atoms with E-state index in [0.717, 1.165) is 43.0 Å². The van der Waals surface area contributed by atoms with Crippen LogP contribution in [0.1, 0.15) is 38.5 Å². The number of hydrogen-bond donors (Lipinski definition) is 1. The summed E-state index contributed by atoms with van der Waals surface area (Å²) in [6, 6.07) is 18.0. The topological polar surface area (TPSA) is 52.7 Å². The quantitative estimate of drug-likeness (QED) is 0.755. The second kappa shape index (κ2) is 10.6. The van der Waals surface area contributed by atoms with Gasteiger partial charge in [-0.3, -0.25) is 14.5 Å². The Labute approximate surface area is 185 Å². The van der Waals surface area contributed by atoms with Gasteiger partial charge in [-0.2, -0.15) is 0 Å². The highest BCUT2D eigenvalue weighted by Crippen LogP contribution is 2.28. The monoisotopic (exact) mass is 419 g/mol. The Kier molecular flexibility index (Phi) is 7.36. The number of carbonyl (C=O) groups excluding carboxylic acids is 2. The predicted octanol–water partition coefficient (Wildman–Crippen LogP) is 4.41. The van der Waals surface area contributed by atoms with Crippen molar-refractivity contribution in [3.63, 3.8) is 0 Å². The predicted molar refractivity (Wildman–Crippen MR) is 125 cm³/mol. The first-order valence-corrected chi connectivity index (χ1v) is 11.6. The lowest BCUT2D eigenvalue weighted by Gasteiger charge is -2.35. The summed E-state index contributed by atoms with van der Waals surface area (Å²) in [5, 5.41) is 3.08. The van der Waals surface area contributed by atoms with E-state index in [0.29, 0.717) is 24.8 Å². The summed E-state index contributed by atoms with van der Waals surface area (Å²) in [5.74, 6) is 0.868. The van der Waals surface area contributed by atoms with E-state index in [1.165, 1.54) is 32.1 Å². The molecule has 5 nitrogen and oxygen atoms in total. The fraction of sp³-hybridized carbons (Fsp3) is 0.462. The Morgan fingerprint density at radius 3 is 2.26 bits per heavy atom. The lowest BCUT2D eigenvalue weighted by Crippen LogP contribution is -2.50. The van der Waals surface area contributed by atoms with E-state index in [2.05, 4.69) is 22.3 Å². The number of hydrogen-bond acceptors (Lipinski definition) is 3. The fourth-order valence-corrected chi connectivity index (χ4v) is 4.78. The molecule has 1 heterocycles. The molecular weight excluding hydrogens is 386 g/mol. The van der Waals surface area contributed by atoms with Gasteiger partial charge in [-0.25, -0.2) is 0 Å². The van der Waals surface area contributed by atoms with Gasteiger partial charge in [0.1, 0.15) is 0 Å². The third-order valence-corrected chi connectivity index (χ3v) is 6.57. The first-order chi connectivity index (χ1) is 15.2. The van der Waals surface area contributed by atoms with Crippen molar-refractivity contribution in [1.29, 1.82) is 0 Å². The lowest BCUT2D eigenvalue weighted by atomic mass is 9.86. The Bertz CT molecular complexity index is 869. The number of anilines is 1. The molecule has 2 aliphatic rings. The Hall–Kier alpha value is -2.66. The summed E-state index contributed by atoms with van der Waals surface area (Å²) in [6.45, 7) is 3.31. The van der Waals surface area contributed by atoms with Gasteiger partial charge in [-0.05, 0) is 30.4 Å². The van der Waals surface area contributed by atoms with E-state index in [-0.39, 0.29) is 5.91 Å². The smallest absolute Gasteiger partial charge is 0.238 e. The molecular formula is C26H33N3O2. The first kappa shape index (κ1) is 21.6. The molecule has 0 radical (unpaired) electrons. The molecule has 0 spiro atoms. The molecule has 0 aromatic heterocycles. The van der Waals surface area contributed by atoms with E-state index in [1.807, 2.05) is 47.4 Å². The van der Waals surface area contributed by atoms with Gasteiger partial charge in [0.05, 0.1) is 6.54 Å². The Morgan fingerprint density at radius 2 is 1.52 bits per heavy atom. The van der Waals surface area contributed by atoms with Crippen molar-refractivity contribution in [3.05, 3.63) is 54.6 Å². The molecule has 4 rings (SSSR count). The second-order valence-corrected chi connectivity index (χ2v) is 8.82. The highest BCUT2D eigenvalue weighted by atomic mass is 16.2. The van der Waals surface area contributed by atoms with Gasteiger partial charge in [0.15, 0.2) is 0 Å². The normalized spacial score (nSPS) is 18.0. The molecule has 2 fully saturated rings. The molecule has 2 aromatic carbocycles. The van der Waals surface area contributed by atoms with Crippen LogP contribution in [-0.4, -0.2) is 54.3 Å². The van der Waals surface area contributed by atoms with Crippen molar-refractivity contribution in [2.45, 2.75) is 38.5 Å². The summed E-state index contributed by atoms with van der Waals surface area (Å²) in [7, 11) is 0. The number of nitrogens with zero attached hydrogens (tertiary/aromatic N) is 2. The van der Waals surface area contributed by atoms with E-state index in [9.17, 15) is 9.59 Å². The molecule has 1 aliphatic carbocycles. The maximum absolute atomic E-state index is 12.7. The van der Waals surface area contributed by atoms with Crippen LogP contribution in [0.15, 0.2) is 54.6 Å². The van der Waals surface area contributed by atoms with Gasteiger partial charge >= 0.3 is 0 Å². The minimum atomic E-state index is -0.00892. The fourth-order valence-electron chi connectivity index (χ4n) is 4.78. The molecule has 2 aromatic rings. The van der Waals surface area contributed by atoms with Crippen LogP contribution in [-0.2, 0) is 9.59 Å². The van der Waals surface area contributed by atoms with Gasteiger partial charge in [-0.1, -0.05) is 67.8 Å². The average molecular weight is 420 g/mol. The van der Waals surface area contributed by atoms with Crippen LogP contribution in [0.4, 0.5) is 5.69 Å². The summed E-state index contributed by atoms with van der Waals surface area (Å²) >= 11 is 0. The maximum atomic E-state index is 12.7. The van der Waals surface area contributed by atoms with Gasteiger partial charge < -0.3 is 10.2 Å². The molecule has 31 heavy (non-hydrogen) atoms. The minimum Gasteiger partial charge on any atom is -0.340 e. The lowest BCUT2D eigenvalue weighted by molar-refractivity contribution is -0.134. The van der Waals surface area contributed by atoms with Crippen LogP contribution in [0.2, 0.25) is 0 Å². The maximum Gasteiger partial charge on any atom is 0.238 e. The van der Waals surface area contributed by atoms with Gasteiger partial charge in [0, 0.05) is 43.9 Å². The van der Waals surface area contributed by atoms with Crippen LogP contribution >= 0.6 is 0 Å². The molecule has 164 valence electrons. The van der Waals surface area contributed by atoms with Gasteiger partial charge in [-0.15, -0.1) is 0 Å². The second-order valence-electron chi connectivity index (χ2n) is 8.82. The van der Waals surface area contributed by atoms with Crippen LogP contribution in [0.25, 0.3) is 11.1 Å². The van der Waals surface area contributed by atoms with E-state index >= 15 is 0 Å². The molecule has 0 unspecified atom stereocenters. The number of para-hydroxylation sites is 1. The van der Waals surface area contributed by atoms with E-state index < -0.39 is 0 Å². The summed E-state index contributed by atoms with van der Waals surface area (Å²) in [4.78, 5) is 29.5. The number of benzene rings is 2. The molecule has 5 heteroatoms. The molecule has 1 saturated heterocycles. The van der Waals surface area contributed by atoms with Crippen molar-refractivity contribution in [2.24, 2.45) is 5.92 Å². The number of rotatable bonds is 6. The largest absolute Gasteiger partial charge is 0.340 e. The van der Waals surface area contributed by atoms with Crippen LogP contribution in [0.3, 0.4) is 0 Å². The van der Waals surface area contributed by atoms with Gasteiger partial charge in [0.2, 0.25) is 11.8 Å². The van der Waals surface area contributed by atoms with E-state index in [4.69, 9.17) is 0 Å². The summed E-state index contributed by atoms with van der Waals surface area (Å²) in [6.07, 6.45) is 6.98.